The van der Waals surface area contributed by atoms with Gasteiger partial charge in [0.05, 0.1) is 0 Å². The molecule has 0 spiro atoms. The molecule has 1 fully saturated rings. The van der Waals surface area contributed by atoms with Crippen molar-refractivity contribution < 1.29 is 0 Å². The molecule has 100 valence electrons. The Kier molecular flexibility index (Phi) is 3.69. The van der Waals surface area contributed by atoms with E-state index in [0.29, 0.717) is 5.92 Å². The van der Waals surface area contributed by atoms with Gasteiger partial charge >= 0.3 is 0 Å². The second-order valence-corrected chi connectivity index (χ2v) is 6.01. The number of aryl methyl sites for hydroxylation is 1. The minimum Gasteiger partial charge on any atom is -0.335 e. The topological polar surface area (TPSA) is 29.9 Å². The molecule has 1 N–H and O–H groups in total. The number of fused-ring (bicyclic) bond motifs is 1. The first-order valence-electron chi connectivity index (χ1n) is 7.61. The predicted octanol–water partition coefficient (Wildman–Crippen LogP) is 2.93. The first-order valence-corrected chi connectivity index (χ1v) is 7.61. The van der Waals surface area contributed by atoms with Crippen LogP contribution in [0.4, 0.5) is 0 Å². The monoisotopic (exact) mass is 247 g/mol. The van der Waals surface area contributed by atoms with Gasteiger partial charge in [0.15, 0.2) is 0 Å². The van der Waals surface area contributed by atoms with E-state index < -0.39 is 0 Å². The normalized spacial score (nSPS) is 31.5. The van der Waals surface area contributed by atoms with Crippen LogP contribution in [0.25, 0.3) is 0 Å². The zero-order valence-corrected chi connectivity index (χ0v) is 11.4. The first-order chi connectivity index (χ1) is 8.86. The van der Waals surface area contributed by atoms with Gasteiger partial charge < -0.3 is 9.88 Å². The number of hydrogen-bond donors (Lipinski definition) is 1. The molecule has 0 bridgehead atoms. The average molecular weight is 247 g/mol. The summed E-state index contributed by atoms with van der Waals surface area (Å²) in [4.78, 5) is 4.54. The molecular weight excluding hydrogens is 222 g/mol. The maximum atomic E-state index is 4.54. The van der Waals surface area contributed by atoms with Crippen LogP contribution in [0.3, 0.4) is 0 Å². The molecule has 2 aliphatic rings. The third-order valence-electron chi connectivity index (χ3n) is 4.84. The molecule has 3 atom stereocenters. The maximum Gasteiger partial charge on any atom is 0.113 e. The van der Waals surface area contributed by atoms with Gasteiger partial charge in [-0.15, -0.1) is 0 Å². The number of imidazole rings is 1. The Morgan fingerprint density at radius 1 is 1.39 bits per heavy atom. The fourth-order valence-corrected chi connectivity index (χ4v) is 3.64. The van der Waals surface area contributed by atoms with Crippen LogP contribution >= 0.6 is 0 Å². The average Bonchev–Trinajstić information content (AvgIpc) is 3.05. The van der Waals surface area contributed by atoms with E-state index in [4.69, 9.17) is 0 Å². The van der Waals surface area contributed by atoms with Gasteiger partial charge in [-0.25, -0.2) is 4.98 Å². The molecule has 0 aromatic carbocycles. The summed E-state index contributed by atoms with van der Waals surface area (Å²) in [7, 11) is 0. The van der Waals surface area contributed by atoms with E-state index in [-0.39, 0.29) is 0 Å². The molecule has 3 rings (SSSR count). The zero-order chi connectivity index (χ0) is 12.4. The third-order valence-corrected chi connectivity index (χ3v) is 4.84. The molecule has 1 aromatic heterocycles. The Hall–Kier alpha value is -0.830. The molecule has 1 aliphatic carbocycles. The van der Waals surface area contributed by atoms with E-state index in [1.54, 1.807) is 0 Å². The summed E-state index contributed by atoms with van der Waals surface area (Å²) >= 11 is 0. The molecule has 0 amide bonds. The largest absolute Gasteiger partial charge is 0.335 e. The first kappa shape index (κ1) is 12.2. The van der Waals surface area contributed by atoms with Crippen molar-refractivity contribution in [3.8, 4) is 0 Å². The predicted molar refractivity (Wildman–Crippen MR) is 73.6 cm³/mol. The van der Waals surface area contributed by atoms with Gasteiger partial charge in [-0.1, -0.05) is 13.3 Å². The standard InChI is InChI=1S/C15H25N3/c1-2-12-5-6-14(10-12)17-11-13-4-3-8-18-9-7-16-15(13)18/h7,9,12-14,17H,2-6,8,10-11H2,1H3. The molecule has 1 aromatic rings. The van der Waals surface area contributed by atoms with Gasteiger partial charge in [0.25, 0.3) is 0 Å². The Bertz CT molecular complexity index is 385. The minimum absolute atomic E-state index is 0.634. The lowest BCUT2D eigenvalue weighted by atomic mass is 9.98. The molecule has 2 heterocycles. The lowest BCUT2D eigenvalue weighted by Gasteiger charge is -2.25. The molecular formula is C15H25N3. The zero-order valence-electron chi connectivity index (χ0n) is 11.4. The highest BCUT2D eigenvalue weighted by Crippen LogP contribution is 2.29. The van der Waals surface area contributed by atoms with Crippen LogP contribution < -0.4 is 5.32 Å². The number of rotatable bonds is 4. The Morgan fingerprint density at radius 2 is 2.33 bits per heavy atom. The number of hydrogen-bond acceptors (Lipinski definition) is 2. The highest BCUT2D eigenvalue weighted by Gasteiger charge is 2.26. The van der Waals surface area contributed by atoms with Gasteiger partial charge in [0, 0.05) is 37.4 Å². The van der Waals surface area contributed by atoms with Crippen molar-refractivity contribution in [2.24, 2.45) is 5.92 Å². The van der Waals surface area contributed by atoms with E-state index in [1.165, 1.54) is 44.3 Å². The van der Waals surface area contributed by atoms with Crippen molar-refractivity contribution in [2.45, 2.75) is 64.0 Å². The van der Waals surface area contributed by atoms with E-state index in [2.05, 4.69) is 28.0 Å². The lowest BCUT2D eigenvalue weighted by Crippen LogP contribution is -2.33. The number of nitrogens with zero attached hydrogens (tertiary/aromatic N) is 2. The van der Waals surface area contributed by atoms with Gasteiger partial charge in [-0.05, 0) is 38.0 Å². The number of aromatic nitrogens is 2. The Balaban J connectivity index is 1.53. The summed E-state index contributed by atoms with van der Waals surface area (Å²) in [6.45, 7) is 4.61. The molecule has 3 heteroatoms. The van der Waals surface area contributed by atoms with Crippen LogP contribution in [0.5, 0.6) is 0 Å². The fraction of sp³-hybridized carbons (Fsp3) is 0.800. The maximum absolute atomic E-state index is 4.54. The quantitative estimate of drug-likeness (QED) is 0.886. The van der Waals surface area contributed by atoms with Crippen molar-refractivity contribution in [1.82, 2.24) is 14.9 Å². The Morgan fingerprint density at radius 3 is 3.17 bits per heavy atom. The van der Waals surface area contributed by atoms with E-state index >= 15 is 0 Å². The van der Waals surface area contributed by atoms with Crippen molar-refractivity contribution in [3.63, 3.8) is 0 Å². The van der Waals surface area contributed by atoms with Crippen molar-refractivity contribution in [1.29, 1.82) is 0 Å². The molecule has 3 unspecified atom stereocenters. The smallest absolute Gasteiger partial charge is 0.113 e. The Labute approximate surface area is 110 Å². The summed E-state index contributed by atoms with van der Waals surface area (Å²) in [6, 6.07) is 0.764. The van der Waals surface area contributed by atoms with Crippen LogP contribution in [-0.2, 0) is 6.54 Å². The van der Waals surface area contributed by atoms with E-state index in [9.17, 15) is 0 Å². The van der Waals surface area contributed by atoms with Crippen molar-refractivity contribution in [2.75, 3.05) is 6.54 Å². The highest BCUT2D eigenvalue weighted by molar-refractivity contribution is 5.04. The van der Waals surface area contributed by atoms with Gasteiger partial charge in [-0.3, -0.25) is 0 Å². The van der Waals surface area contributed by atoms with Crippen molar-refractivity contribution in [3.05, 3.63) is 18.2 Å². The second kappa shape index (κ2) is 5.43. The lowest BCUT2D eigenvalue weighted by molar-refractivity contribution is 0.395. The SMILES string of the molecule is CCC1CCC(NCC2CCCn3ccnc32)C1. The van der Waals surface area contributed by atoms with Crippen LogP contribution in [0.15, 0.2) is 12.4 Å². The molecule has 3 nitrogen and oxygen atoms in total. The molecule has 1 aliphatic heterocycles. The summed E-state index contributed by atoms with van der Waals surface area (Å²) in [5.74, 6) is 2.91. The number of nitrogens with one attached hydrogen (secondary N) is 1. The summed E-state index contributed by atoms with van der Waals surface area (Å²) in [5.41, 5.74) is 0. The molecule has 0 radical (unpaired) electrons. The summed E-state index contributed by atoms with van der Waals surface area (Å²) < 4.78 is 2.33. The molecule has 1 saturated carbocycles. The van der Waals surface area contributed by atoms with Crippen LogP contribution in [0.1, 0.15) is 57.2 Å². The van der Waals surface area contributed by atoms with Crippen molar-refractivity contribution >= 4 is 0 Å². The van der Waals surface area contributed by atoms with E-state index in [0.717, 1.165) is 25.0 Å². The van der Waals surface area contributed by atoms with Gasteiger partial charge in [0.2, 0.25) is 0 Å². The van der Waals surface area contributed by atoms with E-state index in [1.807, 2.05) is 6.20 Å². The molecule has 0 saturated heterocycles. The molecule has 18 heavy (non-hydrogen) atoms. The van der Waals surface area contributed by atoms with Crippen LogP contribution in [0.2, 0.25) is 0 Å². The fourth-order valence-electron chi connectivity index (χ4n) is 3.64. The third kappa shape index (κ3) is 2.46. The minimum atomic E-state index is 0.634. The summed E-state index contributed by atoms with van der Waals surface area (Å²) in [5, 5.41) is 3.79. The van der Waals surface area contributed by atoms with Crippen LogP contribution in [-0.4, -0.2) is 22.1 Å². The van der Waals surface area contributed by atoms with Gasteiger partial charge in [-0.2, -0.15) is 0 Å². The highest BCUT2D eigenvalue weighted by atomic mass is 15.1. The van der Waals surface area contributed by atoms with Gasteiger partial charge in [0.1, 0.15) is 5.82 Å². The summed E-state index contributed by atoms with van der Waals surface area (Å²) in [6.07, 6.45) is 12.2. The van der Waals surface area contributed by atoms with Crippen LogP contribution in [0, 0.1) is 5.92 Å². The second-order valence-electron chi connectivity index (χ2n) is 6.01.